The lowest BCUT2D eigenvalue weighted by atomic mass is 10.3. The van der Waals surface area contributed by atoms with Gasteiger partial charge in [-0.2, -0.15) is 5.10 Å². The summed E-state index contributed by atoms with van der Waals surface area (Å²) >= 11 is 0. The van der Waals surface area contributed by atoms with Crippen molar-refractivity contribution in [3.8, 4) is 0 Å². The van der Waals surface area contributed by atoms with Gasteiger partial charge in [0.05, 0.1) is 11.4 Å². The molecule has 2 N–H and O–H groups in total. The minimum Gasteiger partial charge on any atom is -0.382 e. The predicted molar refractivity (Wildman–Crippen MR) is 52.2 cm³/mol. The number of aryl methyl sites for hydroxylation is 1. The van der Waals surface area contributed by atoms with Gasteiger partial charge in [0.25, 0.3) is 0 Å². The van der Waals surface area contributed by atoms with Crippen LogP contribution in [0.5, 0.6) is 0 Å². The van der Waals surface area contributed by atoms with E-state index in [0.717, 1.165) is 30.0 Å². The van der Waals surface area contributed by atoms with Gasteiger partial charge >= 0.3 is 0 Å². The standard InChI is InChI=1S/C9H15N3/c1-4-6-10-9-7(3)11-12-8(9)5-2/h5,10H,2,4,6H2,1,3H3,(H,11,12). The predicted octanol–water partition coefficient (Wildman–Crippen LogP) is 2.18. The van der Waals surface area contributed by atoms with Crippen LogP contribution in [0.15, 0.2) is 6.58 Å². The van der Waals surface area contributed by atoms with E-state index in [4.69, 9.17) is 0 Å². The van der Waals surface area contributed by atoms with Crippen LogP contribution in [0.4, 0.5) is 5.69 Å². The zero-order valence-electron chi connectivity index (χ0n) is 7.65. The van der Waals surface area contributed by atoms with Gasteiger partial charge in [0.1, 0.15) is 5.69 Å². The van der Waals surface area contributed by atoms with Crippen molar-refractivity contribution in [2.24, 2.45) is 0 Å². The number of anilines is 1. The monoisotopic (exact) mass is 165 g/mol. The third kappa shape index (κ3) is 1.67. The third-order valence-corrected chi connectivity index (χ3v) is 1.72. The fourth-order valence-corrected chi connectivity index (χ4v) is 1.07. The maximum atomic E-state index is 4.08. The molecule has 0 aliphatic heterocycles. The number of nitrogens with one attached hydrogen (secondary N) is 2. The second-order valence-electron chi connectivity index (χ2n) is 2.74. The van der Waals surface area contributed by atoms with E-state index < -0.39 is 0 Å². The second-order valence-corrected chi connectivity index (χ2v) is 2.74. The van der Waals surface area contributed by atoms with Gasteiger partial charge in [-0.25, -0.2) is 0 Å². The first kappa shape index (κ1) is 8.84. The molecule has 0 unspecified atom stereocenters. The van der Waals surface area contributed by atoms with E-state index in [0.29, 0.717) is 0 Å². The highest BCUT2D eigenvalue weighted by Crippen LogP contribution is 2.17. The molecular weight excluding hydrogens is 150 g/mol. The van der Waals surface area contributed by atoms with Gasteiger partial charge in [-0.15, -0.1) is 0 Å². The Morgan fingerprint density at radius 2 is 2.42 bits per heavy atom. The Kier molecular flexibility index (Phi) is 2.91. The summed E-state index contributed by atoms with van der Waals surface area (Å²) in [5.41, 5.74) is 3.05. The van der Waals surface area contributed by atoms with Crippen molar-refractivity contribution in [3.05, 3.63) is 18.0 Å². The molecule has 12 heavy (non-hydrogen) atoms. The Bertz CT molecular complexity index is 263. The minimum atomic E-state index is 0.904. The smallest absolute Gasteiger partial charge is 0.108 e. The number of aromatic nitrogens is 2. The van der Waals surface area contributed by atoms with Crippen LogP contribution in [0.25, 0.3) is 6.08 Å². The van der Waals surface area contributed by atoms with Crippen molar-refractivity contribution in [1.82, 2.24) is 10.2 Å². The normalized spacial score (nSPS) is 9.83. The van der Waals surface area contributed by atoms with E-state index in [1.165, 1.54) is 0 Å². The van der Waals surface area contributed by atoms with Crippen LogP contribution in [-0.4, -0.2) is 16.7 Å². The SMILES string of the molecule is C=Cc1n[nH]c(C)c1NCCC. The molecule has 0 saturated carbocycles. The molecule has 1 aromatic rings. The first-order valence-corrected chi connectivity index (χ1v) is 4.20. The van der Waals surface area contributed by atoms with E-state index in [9.17, 15) is 0 Å². The van der Waals surface area contributed by atoms with E-state index >= 15 is 0 Å². The zero-order chi connectivity index (χ0) is 8.97. The lowest BCUT2D eigenvalue weighted by Gasteiger charge is -2.03. The summed E-state index contributed by atoms with van der Waals surface area (Å²) in [6.07, 6.45) is 2.86. The molecule has 0 aliphatic rings. The molecule has 66 valence electrons. The second kappa shape index (κ2) is 3.95. The summed E-state index contributed by atoms with van der Waals surface area (Å²) < 4.78 is 0. The molecule has 3 heteroatoms. The van der Waals surface area contributed by atoms with Gasteiger partial charge in [-0.3, -0.25) is 5.10 Å². The van der Waals surface area contributed by atoms with E-state index in [1.807, 2.05) is 6.92 Å². The molecule has 0 bridgehead atoms. The molecule has 3 nitrogen and oxygen atoms in total. The van der Waals surface area contributed by atoms with E-state index in [-0.39, 0.29) is 0 Å². The molecular formula is C9H15N3. The Balaban J connectivity index is 2.79. The number of aromatic amines is 1. The highest BCUT2D eigenvalue weighted by atomic mass is 15.1. The number of hydrogen-bond acceptors (Lipinski definition) is 2. The van der Waals surface area contributed by atoms with Gasteiger partial charge in [0, 0.05) is 6.54 Å². The van der Waals surface area contributed by atoms with Crippen LogP contribution in [0.1, 0.15) is 24.7 Å². The molecule has 0 radical (unpaired) electrons. The fraction of sp³-hybridized carbons (Fsp3) is 0.444. The Morgan fingerprint density at radius 3 is 3.00 bits per heavy atom. The summed E-state index contributed by atoms with van der Waals surface area (Å²) in [6.45, 7) is 8.80. The van der Waals surface area contributed by atoms with Crippen LogP contribution in [0.2, 0.25) is 0 Å². The van der Waals surface area contributed by atoms with Crippen LogP contribution in [-0.2, 0) is 0 Å². The maximum absolute atomic E-state index is 4.08. The molecule has 0 fully saturated rings. The van der Waals surface area contributed by atoms with Crippen molar-refractivity contribution >= 4 is 11.8 Å². The van der Waals surface area contributed by atoms with Gasteiger partial charge in [0.2, 0.25) is 0 Å². The highest BCUT2D eigenvalue weighted by Gasteiger charge is 2.04. The van der Waals surface area contributed by atoms with Gasteiger partial charge in [-0.1, -0.05) is 13.5 Å². The summed E-state index contributed by atoms with van der Waals surface area (Å²) in [4.78, 5) is 0. The average molecular weight is 165 g/mol. The van der Waals surface area contributed by atoms with Crippen molar-refractivity contribution < 1.29 is 0 Å². The molecule has 0 aliphatic carbocycles. The topological polar surface area (TPSA) is 40.7 Å². The number of nitrogens with zero attached hydrogens (tertiary/aromatic N) is 1. The van der Waals surface area contributed by atoms with Gasteiger partial charge in [0.15, 0.2) is 0 Å². The first-order chi connectivity index (χ1) is 5.79. The lowest BCUT2D eigenvalue weighted by molar-refractivity contribution is 0.977. The van der Waals surface area contributed by atoms with Crippen molar-refractivity contribution in [1.29, 1.82) is 0 Å². The average Bonchev–Trinajstić information content (AvgIpc) is 2.43. The molecule has 0 saturated heterocycles. The third-order valence-electron chi connectivity index (χ3n) is 1.72. The Labute approximate surface area is 72.9 Å². The molecule has 0 amide bonds. The Hall–Kier alpha value is -1.25. The zero-order valence-corrected chi connectivity index (χ0v) is 7.65. The summed E-state index contributed by atoms with van der Waals surface area (Å²) in [5.74, 6) is 0. The quantitative estimate of drug-likeness (QED) is 0.718. The highest BCUT2D eigenvalue weighted by molar-refractivity contribution is 5.64. The van der Waals surface area contributed by atoms with E-state index in [2.05, 4.69) is 29.0 Å². The van der Waals surface area contributed by atoms with Crippen LogP contribution >= 0.6 is 0 Å². The lowest BCUT2D eigenvalue weighted by Crippen LogP contribution is -2.01. The van der Waals surface area contributed by atoms with Crippen LogP contribution in [0, 0.1) is 6.92 Å². The molecule has 0 aromatic carbocycles. The fourth-order valence-electron chi connectivity index (χ4n) is 1.07. The van der Waals surface area contributed by atoms with Gasteiger partial charge in [-0.05, 0) is 19.4 Å². The number of H-pyrrole nitrogens is 1. The van der Waals surface area contributed by atoms with Crippen molar-refractivity contribution in [2.75, 3.05) is 11.9 Å². The van der Waals surface area contributed by atoms with Crippen LogP contribution < -0.4 is 5.32 Å². The molecule has 0 atom stereocenters. The number of rotatable bonds is 4. The summed E-state index contributed by atoms with van der Waals surface area (Å²) in [6, 6.07) is 0. The van der Waals surface area contributed by atoms with Crippen molar-refractivity contribution in [3.63, 3.8) is 0 Å². The van der Waals surface area contributed by atoms with E-state index in [1.54, 1.807) is 6.08 Å². The maximum Gasteiger partial charge on any atom is 0.108 e. The molecule has 0 spiro atoms. The first-order valence-electron chi connectivity index (χ1n) is 4.20. The van der Waals surface area contributed by atoms with Crippen LogP contribution in [0.3, 0.4) is 0 Å². The Morgan fingerprint density at radius 1 is 1.67 bits per heavy atom. The van der Waals surface area contributed by atoms with Crippen molar-refractivity contribution in [2.45, 2.75) is 20.3 Å². The number of hydrogen-bond donors (Lipinski definition) is 2. The van der Waals surface area contributed by atoms with Gasteiger partial charge < -0.3 is 5.32 Å². The minimum absolute atomic E-state index is 0.904. The largest absolute Gasteiger partial charge is 0.382 e. The molecule has 1 rings (SSSR count). The summed E-state index contributed by atoms with van der Waals surface area (Å²) in [5, 5.41) is 10.3. The molecule has 1 aromatic heterocycles. The molecule has 1 heterocycles. The summed E-state index contributed by atoms with van der Waals surface area (Å²) in [7, 11) is 0.